The van der Waals surface area contributed by atoms with Crippen molar-refractivity contribution in [1.82, 2.24) is 4.90 Å². The molecule has 8 heteroatoms. The van der Waals surface area contributed by atoms with Gasteiger partial charge in [0.05, 0.1) is 12.7 Å². The van der Waals surface area contributed by atoms with Crippen LogP contribution in [0.25, 0.3) is 0 Å². The summed E-state index contributed by atoms with van der Waals surface area (Å²) in [7, 11) is 5.63. The van der Waals surface area contributed by atoms with Gasteiger partial charge in [-0.15, -0.1) is 0 Å². The molecule has 0 unspecified atom stereocenters. The fraction of sp³-hybridized carbons (Fsp3) is 0.545. The number of nitrogens with one attached hydrogen (secondary N) is 3. The van der Waals surface area contributed by atoms with E-state index < -0.39 is 0 Å². The maximum Gasteiger partial charge on any atom is 0.227 e. The van der Waals surface area contributed by atoms with Crippen molar-refractivity contribution in [1.29, 1.82) is 5.26 Å². The van der Waals surface area contributed by atoms with Crippen molar-refractivity contribution in [2.24, 2.45) is 11.8 Å². The standard InChI is InChI=1S/C18H24N2O2.C15H25N3O/c1-3-4-13-5-7-14(8-6-13)18(21)20-16-9-10-17(22-2)15(11-16)12-19;1-6-14-11(2)9-13(16-7-8-18(4)5)10-15(14)17-12(3)19/h9-11,13-14H,3-8H2,1-2H3,(H,20,21);9-10,16H,6-8H2,1-5H3,(H,17,19). The molecule has 1 aliphatic carbocycles. The highest BCUT2D eigenvalue weighted by atomic mass is 16.5. The van der Waals surface area contributed by atoms with Crippen molar-refractivity contribution in [3.05, 3.63) is 47.0 Å². The lowest BCUT2D eigenvalue weighted by atomic mass is 9.80. The molecule has 0 spiro atoms. The maximum absolute atomic E-state index is 12.4. The van der Waals surface area contributed by atoms with Crippen molar-refractivity contribution in [2.75, 3.05) is 50.2 Å². The fourth-order valence-electron chi connectivity index (χ4n) is 5.35. The van der Waals surface area contributed by atoms with E-state index in [1.807, 2.05) is 6.07 Å². The number of nitrogens with zero attached hydrogens (tertiary/aromatic N) is 2. The third-order valence-corrected chi connectivity index (χ3v) is 7.53. The number of benzene rings is 2. The molecular formula is C33H49N5O3. The van der Waals surface area contributed by atoms with Gasteiger partial charge in [0.25, 0.3) is 0 Å². The number of carbonyl (C=O) groups is 2. The summed E-state index contributed by atoms with van der Waals surface area (Å²) in [4.78, 5) is 25.8. The summed E-state index contributed by atoms with van der Waals surface area (Å²) in [6.45, 7) is 9.81. The fourth-order valence-corrected chi connectivity index (χ4v) is 5.35. The molecule has 0 heterocycles. The van der Waals surface area contributed by atoms with Gasteiger partial charge in [0.15, 0.2) is 0 Å². The van der Waals surface area contributed by atoms with Gasteiger partial charge in [-0.1, -0.05) is 26.7 Å². The molecule has 224 valence electrons. The second kappa shape index (κ2) is 17.3. The molecule has 41 heavy (non-hydrogen) atoms. The number of likely N-dealkylation sites (N-methyl/N-ethyl adjacent to an activating group) is 1. The number of anilines is 3. The molecule has 1 aliphatic rings. The Kier molecular flexibility index (Phi) is 14.2. The number of amides is 2. The zero-order chi connectivity index (χ0) is 30.4. The summed E-state index contributed by atoms with van der Waals surface area (Å²) in [5, 5.41) is 18.3. The van der Waals surface area contributed by atoms with Crippen LogP contribution >= 0.6 is 0 Å². The summed E-state index contributed by atoms with van der Waals surface area (Å²) >= 11 is 0. The molecule has 1 saturated carbocycles. The number of carbonyl (C=O) groups excluding carboxylic acids is 2. The normalized spacial score (nSPS) is 16.2. The molecular weight excluding hydrogens is 514 g/mol. The van der Waals surface area contributed by atoms with E-state index in [2.05, 4.69) is 67.9 Å². The Hall–Kier alpha value is -3.57. The lowest BCUT2D eigenvalue weighted by Gasteiger charge is -2.27. The molecule has 0 aliphatic heterocycles. The molecule has 3 N–H and O–H groups in total. The molecule has 0 bridgehead atoms. The van der Waals surface area contributed by atoms with Crippen LogP contribution in [0.1, 0.15) is 76.0 Å². The number of methoxy groups -OCH3 is 1. The number of hydrogen-bond donors (Lipinski definition) is 3. The number of ether oxygens (including phenoxy) is 1. The van der Waals surface area contributed by atoms with E-state index in [0.717, 1.165) is 62.5 Å². The smallest absolute Gasteiger partial charge is 0.227 e. The van der Waals surface area contributed by atoms with Crippen molar-refractivity contribution in [2.45, 2.75) is 72.6 Å². The molecule has 2 aromatic rings. The quantitative estimate of drug-likeness (QED) is 0.284. The second-order valence-corrected chi connectivity index (χ2v) is 11.1. The number of rotatable bonds is 11. The van der Waals surface area contributed by atoms with Crippen LogP contribution in [-0.4, -0.2) is 51.0 Å². The second-order valence-electron chi connectivity index (χ2n) is 11.1. The van der Waals surface area contributed by atoms with E-state index in [-0.39, 0.29) is 17.7 Å². The molecule has 2 aromatic carbocycles. The molecule has 0 aromatic heterocycles. The van der Waals surface area contributed by atoms with E-state index >= 15 is 0 Å². The first-order valence-electron chi connectivity index (χ1n) is 14.8. The van der Waals surface area contributed by atoms with Crippen molar-refractivity contribution >= 4 is 28.9 Å². The lowest BCUT2D eigenvalue weighted by molar-refractivity contribution is -0.121. The highest BCUT2D eigenvalue weighted by Crippen LogP contribution is 2.32. The maximum atomic E-state index is 12.4. The van der Waals surface area contributed by atoms with E-state index in [4.69, 9.17) is 10.00 Å². The lowest BCUT2D eigenvalue weighted by Crippen LogP contribution is -2.27. The van der Waals surface area contributed by atoms with Crippen LogP contribution in [0.15, 0.2) is 30.3 Å². The van der Waals surface area contributed by atoms with Gasteiger partial charge >= 0.3 is 0 Å². The van der Waals surface area contributed by atoms with Gasteiger partial charge in [-0.3, -0.25) is 9.59 Å². The molecule has 0 radical (unpaired) electrons. The Morgan fingerprint density at radius 3 is 2.32 bits per heavy atom. The number of nitriles is 1. The summed E-state index contributed by atoms with van der Waals surface area (Å²) in [5.74, 6) is 1.46. The first-order chi connectivity index (χ1) is 19.6. The van der Waals surface area contributed by atoms with Gasteiger partial charge in [-0.25, -0.2) is 0 Å². The van der Waals surface area contributed by atoms with Gasteiger partial charge in [-0.2, -0.15) is 5.26 Å². The Labute approximate surface area is 246 Å². The van der Waals surface area contributed by atoms with Crippen LogP contribution < -0.4 is 20.7 Å². The van der Waals surface area contributed by atoms with Crippen LogP contribution in [0.2, 0.25) is 0 Å². The summed E-state index contributed by atoms with van der Waals surface area (Å²) < 4.78 is 5.11. The van der Waals surface area contributed by atoms with Crippen LogP contribution in [0, 0.1) is 30.1 Å². The van der Waals surface area contributed by atoms with E-state index in [0.29, 0.717) is 17.0 Å². The zero-order valence-electron chi connectivity index (χ0n) is 26.0. The Balaban J connectivity index is 0.000000290. The minimum Gasteiger partial charge on any atom is -0.495 e. The number of hydrogen-bond acceptors (Lipinski definition) is 6. The van der Waals surface area contributed by atoms with Crippen molar-refractivity contribution < 1.29 is 14.3 Å². The van der Waals surface area contributed by atoms with Gasteiger partial charge < -0.3 is 25.6 Å². The monoisotopic (exact) mass is 563 g/mol. The summed E-state index contributed by atoms with van der Waals surface area (Å²) in [5.41, 5.74) is 5.49. The predicted molar refractivity (Wildman–Crippen MR) is 169 cm³/mol. The Bertz CT molecular complexity index is 1180. The first kappa shape index (κ1) is 33.6. The average molecular weight is 564 g/mol. The van der Waals surface area contributed by atoms with Crippen LogP contribution in [-0.2, 0) is 16.0 Å². The highest BCUT2D eigenvalue weighted by molar-refractivity contribution is 5.93. The van der Waals surface area contributed by atoms with Gasteiger partial charge in [0, 0.05) is 43.0 Å². The summed E-state index contributed by atoms with van der Waals surface area (Å²) in [6.07, 6.45) is 7.66. The molecule has 8 nitrogen and oxygen atoms in total. The SMILES string of the molecule is CCCC1CCC(C(=O)Nc2ccc(OC)c(C#N)c2)CC1.CCc1c(C)cc(NCCN(C)C)cc1NC(C)=O. The number of aryl methyl sites for hydroxylation is 1. The minimum atomic E-state index is -0.0282. The summed E-state index contributed by atoms with van der Waals surface area (Å²) in [6, 6.07) is 11.4. The predicted octanol–water partition coefficient (Wildman–Crippen LogP) is 6.60. The Morgan fingerprint density at radius 1 is 1.05 bits per heavy atom. The van der Waals surface area contributed by atoms with Gasteiger partial charge in [0.1, 0.15) is 11.8 Å². The topological polar surface area (TPSA) is 106 Å². The molecule has 0 atom stereocenters. The molecule has 2 amide bonds. The minimum absolute atomic E-state index is 0.0282. The Morgan fingerprint density at radius 2 is 1.76 bits per heavy atom. The first-order valence-corrected chi connectivity index (χ1v) is 14.8. The van der Waals surface area contributed by atoms with Crippen LogP contribution in [0.3, 0.4) is 0 Å². The zero-order valence-corrected chi connectivity index (χ0v) is 26.0. The van der Waals surface area contributed by atoms with E-state index in [1.165, 1.54) is 31.1 Å². The van der Waals surface area contributed by atoms with Crippen LogP contribution in [0.5, 0.6) is 5.75 Å². The van der Waals surface area contributed by atoms with E-state index in [1.54, 1.807) is 25.1 Å². The molecule has 1 fully saturated rings. The van der Waals surface area contributed by atoms with E-state index in [9.17, 15) is 9.59 Å². The largest absolute Gasteiger partial charge is 0.495 e. The third-order valence-electron chi connectivity index (χ3n) is 7.53. The molecule has 3 rings (SSSR count). The van der Waals surface area contributed by atoms with Crippen molar-refractivity contribution in [3.63, 3.8) is 0 Å². The highest BCUT2D eigenvalue weighted by Gasteiger charge is 2.26. The van der Waals surface area contributed by atoms with Crippen molar-refractivity contribution in [3.8, 4) is 11.8 Å². The van der Waals surface area contributed by atoms with Gasteiger partial charge in [-0.05, 0) is 100 Å². The average Bonchev–Trinajstić information content (AvgIpc) is 2.93. The van der Waals surface area contributed by atoms with Gasteiger partial charge in [0.2, 0.25) is 11.8 Å². The van der Waals surface area contributed by atoms with Crippen LogP contribution in [0.4, 0.5) is 17.1 Å². The molecule has 0 saturated heterocycles. The third kappa shape index (κ3) is 11.1.